The van der Waals surface area contributed by atoms with Gasteiger partial charge in [-0.3, -0.25) is 0 Å². The molecule has 1 aromatic carbocycles. The Morgan fingerprint density at radius 2 is 1.95 bits per heavy atom. The summed E-state index contributed by atoms with van der Waals surface area (Å²) in [7, 11) is 0. The van der Waals surface area contributed by atoms with Crippen LogP contribution in [-0.4, -0.2) is 25.9 Å². The molecule has 0 atom stereocenters. The maximum atomic E-state index is 5.61. The Hall–Kier alpha value is -1.32. The Bertz CT molecular complexity index is 371. The van der Waals surface area contributed by atoms with Gasteiger partial charge < -0.3 is 14.8 Å². The molecule has 3 nitrogen and oxygen atoms in total. The normalized spacial score (nSPS) is 14.3. The number of nitrogens with one attached hydrogen (secondary N) is 1. The summed E-state index contributed by atoms with van der Waals surface area (Å²) in [5.41, 5.74) is 1.31. The maximum Gasteiger partial charge on any atom is 0.119 e. The third-order valence-electron chi connectivity index (χ3n) is 3.06. The molecule has 1 N–H and O–H groups in total. The van der Waals surface area contributed by atoms with Crippen molar-refractivity contribution in [3.63, 3.8) is 0 Å². The third kappa shape index (κ3) is 5.90. The first-order valence-electron chi connectivity index (χ1n) is 7.02. The molecule has 1 aromatic rings. The van der Waals surface area contributed by atoms with E-state index in [2.05, 4.69) is 24.0 Å². The summed E-state index contributed by atoms with van der Waals surface area (Å²) in [6.07, 6.45) is 5.40. The van der Waals surface area contributed by atoms with Crippen molar-refractivity contribution in [2.24, 2.45) is 0 Å². The number of hydrogen-bond donors (Lipinski definition) is 1. The highest BCUT2D eigenvalue weighted by Gasteiger charge is 2.19. The fourth-order valence-corrected chi connectivity index (χ4v) is 1.74. The lowest BCUT2D eigenvalue weighted by atomic mass is 10.2. The number of hydrogen-bond acceptors (Lipinski definition) is 3. The molecule has 104 valence electrons. The van der Waals surface area contributed by atoms with Gasteiger partial charge in [0.05, 0.1) is 13.2 Å². The van der Waals surface area contributed by atoms with Crippen LogP contribution in [0.2, 0.25) is 0 Å². The van der Waals surface area contributed by atoms with Gasteiger partial charge in [0.2, 0.25) is 0 Å². The van der Waals surface area contributed by atoms with Crippen LogP contribution in [0.3, 0.4) is 0 Å². The lowest BCUT2D eigenvalue weighted by Crippen LogP contribution is -2.15. The lowest BCUT2D eigenvalue weighted by molar-refractivity contribution is 0.103. The Morgan fingerprint density at radius 3 is 2.63 bits per heavy atom. The molecule has 0 spiro atoms. The molecule has 0 saturated heterocycles. The van der Waals surface area contributed by atoms with E-state index < -0.39 is 0 Å². The van der Waals surface area contributed by atoms with Crippen molar-refractivity contribution in [1.82, 2.24) is 5.32 Å². The monoisotopic (exact) mass is 261 g/mol. The van der Waals surface area contributed by atoms with E-state index in [1.165, 1.54) is 18.4 Å². The van der Waals surface area contributed by atoms with Crippen molar-refractivity contribution in [3.8, 4) is 5.75 Å². The molecular weight excluding hydrogens is 238 g/mol. The van der Waals surface area contributed by atoms with Gasteiger partial charge in [-0.15, -0.1) is 6.58 Å². The largest absolute Gasteiger partial charge is 0.491 e. The standard InChI is InChI=1S/C16H23NO2/c1-2-3-10-18-11-12-19-16-8-4-14(5-9-16)13-17-15-6-7-15/h2,4-5,8-9,15,17H,1,3,6-7,10-13H2. The van der Waals surface area contributed by atoms with Gasteiger partial charge in [-0.1, -0.05) is 18.2 Å². The van der Waals surface area contributed by atoms with Gasteiger partial charge in [0.25, 0.3) is 0 Å². The Labute approximate surface area is 115 Å². The van der Waals surface area contributed by atoms with Crippen LogP contribution in [0.25, 0.3) is 0 Å². The van der Waals surface area contributed by atoms with E-state index in [4.69, 9.17) is 9.47 Å². The van der Waals surface area contributed by atoms with Gasteiger partial charge in [0, 0.05) is 12.6 Å². The molecule has 0 amide bonds. The van der Waals surface area contributed by atoms with E-state index in [1.807, 2.05) is 18.2 Å². The van der Waals surface area contributed by atoms with Gasteiger partial charge >= 0.3 is 0 Å². The molecular formula is C16H23NO2. The van der Waals surface area contributed by atoms with Crippen LogP contribution in [0.5, 0.6) is 5.75 Å². The van der Waals surface area contributed by atoms with Crippen molar-refractivity contribution in [2.45, 2.75) is 31.8 Å². The first-order valence-corrected chi connectivity index (χ1v) is 7.02. The molecule has 1 fully saturated rings. The van der Waals surface area contributed by atoms with E-state index in [9.17, 15) is 0 Å². The summed E-state index contributed by atoms with van der Waals surface area (Å²) in [4.78, 5) is 0. The molecule has 0 aromatic heterocycles. The molecule has 19 heavy (non-hydrogen) atoms. The fraction of sp³-hybridized carbons (Fsp3) is 0.500. The lowest BCUT2D eigenvalue weighted by Gasteiger charge is -2.08. The molecule has 2 rings (SSSR count). The van der Waals surface area contributed by atoms with Crippen LogP contribution in [0.15, 0.2) is 36.9 Å². The van der Waals surface area contributed by atoms with Crippen LogP contribution in [-0.2, 0) is 11.3 Å². The highest BCUT2D eigenvalue weighted by molar-refractivity contribution is 5.27. The molecule has 0 bridgehead atoms. The molecule has 1 saturated carbocycles. The second-order valence-electron chi connectivity index (χ2n) is 4.84. The number of benzene rings is 1. The van der Waals surface area contributed by atoms with Crippen LogP contribution in [0.4, 0.5) is 0 Å². The van der Waals surface area contributed by atoms with Gasteiger partial charge in [-0.05, 0) is 37.0 Å². The second-order valence-corrected chi connectivity index (χ2v) is 4.84. The molecule has 0 aliphatic heterocycles. The van der Waals surface area contributed by atoms with Gasteiger partial charge in [0.1, 0.15) is 12.4 Å². The molecule has 0 heterocycles. The minimum absolute atomic E-state index is 0.594. The Kier molecular flexibility index (Phi) is 5.92. The quantitative estimate of drug-likeness (QED) is 0.519. The van der Waals surface area contributed by atoms with Crippen molar-refractivity contribution < 1.29 is 9.47 Å². The van der Waals surface area contributed by atoms with Gasteiger partial charge in [-0.25, -0.2) is 0 Å². The molecule has 0 radical (unpaired) electrons. The zero-order chi connectivity index (χ0) is 13.3. The summed E-state index contributed by atoms with van der Waals surface area (Å²) in [5.74, 6) is 0.905. The SMILES string of the molecule is C=CCCOCCOc1ccc(CNC2CC2)cc1. The van der Waals surface area contributed by atoms with E-state index in [-0.39, 0.29) is 0 Å². The number of rotatable bonds is 10. The van der Waals surface area contributed by atoms with E-state index in [1.54, 1.807) is 0 Å². The van der Waals surface area contributed by atoms with E-state index in [0.717, 1.165) is 31.4 Å². The smallest absolute Gasteiger partial charge is 0.119 e. The van der Waals surface area contributed by atoms with Gasteiger partial charge in [-0.2, -0.15) is 0 Å². The summed E-state index contributed by atoms with van der Waals surface area (Å²) in [5, 5.41) is 3.50. The predicted octanol–water partition coefficient (Wildman–Crippen LogP) is 2.91. The maximum absolute atomic E-state index is 5.61. The summed E-state index contributed by atoms with van der Waals surface area (Å²) >= 11 is 0. The first-order chi connectivity index (χ1) is 9.38. The Balaban J connectivity index is 1.59. The minimum Gasteiger partial charge on any atom is -0.491 e. The highest BCUT2D eigenvalue weighted by Crippen LogP contribution is 2.19. The third-order valence-corrected chi connectivity index (χ3v) is 3.06. The van der Waals surface area contributed by atoms with Crippen molar-refractivity contribution in [3.05, 3.63) is 42.5 Å². The average molecular weight is 261 g/mol. The molecule has 0 unspecified atom stereocenters. The zero-order valence-corrected chi connectivity index (χ0v) is 11.4. The highest BCUT2D eigenvalue weighted by atomic mass is 16.5. The average Bonchev–Trinajstić information content (AvgIpc) is 3.26. The molecule has 3 heteroatoms. The van der Waals surface area contributed by atoms with Crippen molar-refractivity contribution in [1.29, 1.82) is 0 Å². The Morgan fingerprint density at radius 1 is 1.16 bits per heavy atom. The van der Waals surface area contributed by atoms with Crippen LogP contribution < -0.4 is 10.1 Å². The summed E-state index contributed by atoms with van der Waals surface area (Å²) in [6.45, 7) is 6.54. The van der Waals surface area contributed by atoms with Gasteiger partial charge in [0.15, 0.2) is 0 Å². The van der Waals surface area contributed by atoms with Crippen molar-refractivity contribution in [2.75, 3.05) is 19.8 Å². The molecule has 1 aliphatic carbocycles. The fourth-order valence-electron chi connectivity index (χ4n) is 1.74. The first kappa shape index (κ1) is 14.1. The summed E-state index contributed by atoms with van der Waals surface area (Å²) < 4.78 is 11.0. The predicted molar refractivity (Wildman–Crippen MR) is 77.4 cm³/mol. The van der Waals surface area contributed by atoms with E-state index >= 15 is 0 Å². The summed E-state index contributed by atoms with van der Waals surface area (Å²) in [6, 6.07) is 9.03. The van der Waals surface area contributed by atoms with E-state index in [0.29, 0.717) is 13.2 Å². The topological polar surface area (TPSA) is 30.5 Å². The second kappa shape index (κ2) is 7.97. The number of ether oxygens (including phenoxy) is 2. The zero-order valence-electron chi connectivity index (χ0n) is 11.4. The van der Waals surface area contributed by atoms with Crippen LogP contribution in [0.1, 0.15) is 24.8 Å². The van der Waals surface area contributed by atoms with Crippen molar-refractivity contribution >= 4 is 0 Å². The van der Waals surface area contributed by atoms with Crippen LogP contribution >= 0.6 is 0 Å². The minimum atomic E-state index is 0.594. The molecule has 1 aliphatic rings. The van der Waals surface area contributed by atoms with Crippen LogP contribution in [0, 0.1) is 0 Å².